The number of benzene rings is 1. The Morgan fingerprint density at radius 1 is 1.18 bits per heavy atom. The number of ether oxygens (including phenoxy) is 1. The van der Waals surface area contributed by atoms with E-state index in [1.807, 2.05) is 18.2 Å². The van der Waals surface area contributed by atoms with Gasteiger partial charge in [-0.2, -0.15) is 0 Å². The quantitative estimate of drug-likeness (QED) is 0.507. The molecular weight excluding hydrogens is 434 g/mol. The highest BCUT2D eigenvalue weighted by Gasteiger charge is 2.47. The van der Waals surface area contributed by atoms with Crippen LogP contribution in [0.15, 0.2) is 40.9 Å². The Morgan fingerprint density at radius 3 is 2.53 bits per heavy atom. The zero-order valence-electron chi connectivity index (χ0n) is 19.8. The number of piperidine rings is 1. The summed E-state index contributed by atoms with van der Waals surface area (Å²) >= 11 is 0. The summed E-state index contributed by atoms with van der Waals surface area (Å²) in [6, 6.07) is 10.7. The van der Waals surface area contributed by atoms with E-state index in [0.29, 0.717) is 17.1 Å². The fourth-order valence-corrected chi connectivity index (χ4v) is 5.33. The van der Waals surface area contributed by atoms with Gasteiger partial charge in [0.1, 0.15) is 12.4 Å². The Balaban J connectivity index is 1.52. The third kappa shape index (κ3) is 5.50. The fourth-order valence-electron chi connectivity index (χ4n) is 5.33. The number of esters is 1. The second kappa shape index (κ2) is 11.1. The third-order valence-electron chi connectivity index (χ3n) is 7.28. The lowest BCUT2D eigenvalue weighted by Crippen LogP contribution is -2.47. The molecule has 1 aliphatic heterocycles. The summed E-state index contributed by atoms with van der Waals surface area (Å²) in [5.74, 6) is -0.684. The van der Waals surface area contributed by atoms with Gasteiger partial charge < -0.3 is 25.0 Å². The Kier molecular flexibility index (Phi) is 8.00. The van der Waals surface area contributed by atoms with Gasteiger partial charge in [0, 0.05) is 12.0 Å². The number of hydrogen-bond donors (Lipinski definition) is 3. The first kappa shape index (κ1) is 24.4. The van der Waals surface area contributed by atoms with Crippen LogP contribution in [-0.4, -0.2) is 41.8 Å². The number of aryl methyl sites for hydroxylation is 1. The number of nitrogens with one attached hydrogen (secondary N) is 2. The highest BCUT2D eigenvalue weighted by molar-refractivity contribution is 5.92. The largest absolute Gasteiger partial charge is 0.462 e. The summed E-state index contributed by atoms with van der Waals surface area (Å²) in [5.41, 5.74) is -1.17. The molecule has 8 heteroatoms. The van der Waals surface area contributed by atoms with Gasteiger partial charge in [-0.25, -0.2) is 4.79 Å². The zero-order chi connectivity index (χ0) is 24.0. The lowest BCUT2D eigenvalue weighted by atomic mass is 9.73. The van der Waals surface area contributed by atoms with Crippen LogP contribution in [0.3, 0.4) is 0 Å². The Hall–Kier alpha value is -2.71. The van der Waals surface area contributed by atoms with Gasteiger partial charge in [0.05, 0.1) is 5.92 Å². The summed E-state index contributed by atoms with van der Waals surface area (Å²) in [5, 5.41) is 21.7. The maximum atomic E-state index is 13.5. The van der Waals surface area contributed by atoms with Gasteiger partial charge in [-0.15, -0.1) is 0 Å². The van der Waals surface area contributed by atoms with Crippen LogP contribution in [0.25, 0.3) is 0 Å². The van der Waals surface area contributed by atoms with Gasteiger partial charge in [-0.05, 0) is 57.2 Å². The number of amides is 1. The van der Waals surface area contributed by atoms with Crippen molar-refractivity contribution in [2.45, 2.75) is 57.5 Å². The zero-order valence-corrected chi connectivity index (χ0v) is 19.8. The number of hydrogen-bond acceptors (Lipinski definition) is 7. The molecule has 2 atom stereocenters. The molecule has 0 bridgehead atoms. The minimum atomic E-state index is -1.72. The molecule has 2 heterocycles. The first-order chi connectivity index (χ1) is 16.5. The van der Waals surface area contributed by atoms with Gasteiger partial charge in [0.25, 0.3) is 0 Å². The lowest BCUT2D eigenvalue weighted by molar-refractivity contribution is -0.177. The first-order valence-corrected chi connectivity index (χ1v) is 12.4. The van der Waals surface area contributed by atoms with Gasteiger partial charge in [0.15, 0.2) is 11.4 Å². The first-order valence-electron chi connectivity index (χ1n) is 12.4. The number of aromatic nitrogens is 1. The predicted octanol–water partition coefficient (Wildman–Crippen LogP) is 3.55. The number of anilines is 1. The van der Waals surface area contributed by atoms with Crippen molar-refractivity contribution in [3.8, 4) is 0 Å². The average molecular weight is 470 g/mol. The normalized spacial score (nSPS) is 20.3. The Morgan fingerprint density at radius 2 is 1.88 bits per heavy atom. The van der Waals surface area contributed by atoms with Crippen molar-refractivity contribution in [1.82, 2.24) is 10.5 Å². The molecule has 1 amide bonds. The summed E-state index contributed by atoms with van der Waals surface area (Å²) in [6.07, 6.45) is 6.21. The van der Waals surface area contributed by atoms with Crippen LogP contribution in [-0.2, 0) is 19.9 Å². The molecule has 0 spiro atoms. The molecule has 1 aromatic heterocycles. The monoisotopic (exact) mass is 469 g/mol. The second-order valence-corrected chi connectivity index (χ2v) is 9.57. The van der Waals surface area contributed by atoms with Gasteiger partial charge in [-0.3, -0.25) is 4.79 Å². The fraction of sp³-hybridized carbons (Fsp3) is 0.577. The molecule has 34 heavy (non-hydrogen) atoms. The molecule has 2 fully saturated rings. The van der Waals surface area contributed by atoms with Crippen molar-refractivity contribution < 1.29 is 24.0 Å². The van der Waals surface area contributed by atoms with E-state index in [2.05, 4.69) is 15.8 Å². The van der Waals surface area contributed by atoms with E-state index >= 15 is 0 Å². The molecule has 184 valence electrons. The predicted molar refractivity (Wildman–Crippen MR) is 127 cm³/mol. The van der Waals surface area contributed by atoms with Crippen LogP contribution in [0.4, 0.5) is 5.82 Å². The van der Waals surface area contributed by atoms with E-state index in [1.54, 1.807) is 25.1 Å². The van der Waals surface area contributed by atoms with E-state index < -0.39 is 17.5 Å². The van der Waals surface area contributed by atoms with Gasteiger partial charge in [-0.1, -0.05) is 54.8 Å². The Labute approximate surface area is 200 Å². The van der Waals surface area contributed by atoms with Crippen molar-refractivity contribution in [3.05, 3.63) is 47.7 Å². The summed E-state index contributed by atoms with van der Waals surface area (Å²) in [6.45, 7) is 3.28. The SMILES string of the molecule is Cc1cc(NC(=O)C(COC(=O)C(O)(c2ccccc2)C2CCCCC2)C2CCNCC2)no1. The highest BCUT2D eigenvalue weighted by atomic mass is 16.6. The molecule has 2 unspecified atom stereocenters. The van der Waals surface area contributed by atoms with Crippen molar-refractivity contribution >= 4 is 17.7 Å². The van der Waals surface area contributed by atoms with E-state index in [1.165, 1.54) is 0 Å². The summed E-state index contributed by atoms with van der Waals surface area (Å²) in [4.78, 5) is 26.7. The van der Waals surface area contributed by atoms with Crippen molar-refractivity contribution in [2.24, 2.45) is 17.8 Å². The molecule has 2 aromatic rings. The number of aliphatic hydroxyl groups is 1. The maximum absolute atomic E-state index is 13.5. The van der Waals surface area contributed by atoms with Crippen LogP contribution in [0.5, 0.6) is 0 Å². The summed E-state index contributed by atoms with van der Waals surface area (Å²) in [7, 11) is 0. The van der Waals surface area contributed by atoms with Crippen LogP contribution < -0.4 is 10.6 Å². The standard InChI is InChI=1S/C26H35N3O5/c1-18-16-23(29-34-18)28-24(30)22(19-12-14-27-15-13-19)17-33-25(31)26(32,20-8-4-2-5-9-20)21-10-6-3-7-11-21/h2,4-5,8-9,16,19,21-22,27,32H,3,6-7,10-15,17H2,1H3,(H,28,29,30). The summed E-state index contributed by atoms with van der Waals surface area (Å²) < 4.78 is 10.8. The number of carbonyl (C=O) groups excluding carboxylic acids is 2. The molecule has 4 rings (SSSR count). The average Bonchev–Trinajstić information content (AvgIpc) is 3.29. The van der Waals surface area contributed by atoms with Crippen molar-refractivity contribution in [1.29, 1.82) is 0 Å². The Bertz CT molecular complexity index is 950. The molecule has 0 radical (unpaired) electrons. The minimum Gasteiger partial charge on any atom is -0.462 e. The van der Waals surface area contributed by atoms with Crippen LogP contribution in [0.1, 0.15) is 56.3 Å². The van der Waals surface area contributed by atoms with Crippen LogP contribution >= 0.6 is 0 Å². The van der Waals surface area contributed by atoms with E-state index in [0.717, 1.165) is 58.0 Å². The number of carbonyl (C=O) groups is 2. The van der Waals surface area contributed by atoms with Gasteiger partial charge >= 0.3 is 5.97 Å². The molecular formula is C26H35N3O5. The topological polar surface area (TPSA) is 114 Å². The minimum absolute atomic E-state index is 0.0570. The molecule has 3 N–H and O–H groups in total. The molecule has 2 aliphatic rings. The maximum Gasteiger partial charge on any atom is 0.343 e. The number of nitrogens with zero attached hydrogens (tertiary/aromatic N) is 1. The molecule has 1 saturated carbocycles. The van der Waals surface area contributed by atoms with Crippen molar-refractivity contribution in [2.75, 3.05) is 25.0 Å². The van der Waals surface area contributed by atoms with Gasteiger partial charge in [0.2, 0.25) is 5.91 Å². The lowest BCUT2D eigenvalue weighted by Gasteiger charge is -2.37. The van der Waals surface area contributed by atoms with E-state index in [4.69, 9.17) is 9.26 Å². The van der Waals surface area contributed by atoms with Crippen molar-refractivity contribution in [3.63, 3.8) is 0 Å². The second-order valence-electron chi connectivity index (χ2n) is 9.57. The van der Waals surface area contributed by atoms with Crippen LogP contribution in [0.2, 0.25) is 0 Å². The van der Waals surface area contributed by atoms with E-state index in [-0.39, 0.29) is 24.3 Å². The van der Waals surface area contributed by atoms with E-state index in [9.17, 15) is 14.7 Å². The third-order valence-corrected chi connectivity index (χ3v) is 7.28. The molecule has 8 nitrogen and oxygen atoms in total. The smallest absolute Gasteiger partial charge is 0.343 e. The molecule has 1 aromatic carbocycles. The highest BCUT2D eigenvalue weighted by Crippen LogP contribution is 2.40. The number of rotatable bonds is 8. The molecule has 1 aliphatic carbocycles. The van der Waals surface area contributed by atoms with Crippen LogP contribution in [0, 0.1) is 24.7 Å². The molecule has 1 saturated heterocycles.